The van der Waals surface area contributed by atoms with Crippen LogP contribution in [0.4, 0.5) is 0 Å². The minimum atomic E-state index is -1.07. The van der Waals surface area contributed by atoms with Gasteiger partial charge in [-0.15, -0.1) is 0 Å². The number of nitrogens with zero attached hydrogens (tertiary/aromatic N) is 2. The third kappa shape index (κ3) is 3.65. The molecule has 142 valence electrons. The van der Waals surface area contributed by atoms with E-state index in [-0.39, 0.29) is 0 Å². The quantitative estimate of drug-likeness (QED) is 0.756. The molecule has 1 fully saturated rings. The zero-order valence-corrected chi connectivity index (χ0v) is 15.1. The molecule has 0 aliphatic heterocycles. The maximum absolute atomic E-state index is 10.4. The number of ether oxygens (including phenoxy) is 2. The topological polar surface area (TPSA) is 109 Å². The molecule has 0 radical (unpaired) electrons. The highest BCUT2D eigenvalue weighted by Crippen LogP contribution is 2.33. The zero-order valence-electron chi connectivity index (χ0n) is 15.1. The van der Waals surface area contributed by atoms with Crippen molar-refractivity contribution in [1.82, 2.24) is 9.97 Å². The van der Waals surface area contributed by atoms with E-state index in [1.807, 2.05) is 12.1 Å². The highest BCUT2D eigenvalue weighted by Gasteiger charge is 2.45. The number of aliphatic hydroxyl groups excluding tert-OH is 2. The van der Waals surface area contributed by atoms with Gasteiger partial charge in [0, 0.05) is 36.4 Å². The van der Waals surface area contributed by atoms with Crippen LogP contribution in [0.25, 0.3) is 0 Å². The number of aliphatic hydroxyl groups is 2. The Bertz CT molecular complexity index is 857. The van der Waals surface area contributed by atoms with Crippen molar-refractivity contribution in [2.45, 2.75) is 57.0 Å². The molecule has 4 rings (SSSR count). The van der Waals surface area contributed by atoms with Crippen LogP contribution in [0, 0.1) is 12.3 Å². The number of rotatable bonds is 4. The maximum atomic E-state index is 10.4. The van der Waals surface area contributed by atoms with Gasteiger partial charge < -0.3 is 25.1 Å². The predicted molar refractivity (Wildman–Crippen MR) is 98.4 cm³/mol. The highest BCUT2D eigenvalue weighted by molar-refractivity contribution is 5.86. The molecule has 2 unspecified atom stereocenters. The lowest BCUT2D eigenvalue weighted by atomic mass is 9.90. The van der Waals surface area contributed by atoms with Gasteiger partial charge in [-0.05, 0) is 31.4 Å². The van der Waals surface area contributed by atoms with Gasteiger partial charge in [0.15, 0.2) is 0 Å². The van der Waals surface area contributed by atoms with E-state index in [0.29, 0.717) is 36.0 Å². The number of aryl methyl sites for hydroxylation is 2. The average Bonchev–Trinajstić information content (AvgIpc) is 2.90. The van der Waals surface area contributed by atoms with Crippen LogP contribution in [0.2, 0.25) is 0 Å². The van der Waals surface area contributed by atoms with Crippen LogP contribution in [0.15, 0.2) is 30.5 Å². The van der Waals surface area contributed by atoms with Gasteiger partial charge in [0.05, 0.1) is 0 Å². The van der Waals surface area contributed by atoms with E-state index >= 15 is 0 Å². The summed E-state index contributed by atoms with van der Waals surface area (Å²) in [6.07, 6.45) is 0.778. The molecule has 2 aliphatic carbocycles. The predicted octanol–water partition coefficient (Wildman–Crippen LogP) is 1.61. The average molecular weight is 369 g/mol. The Balaban J connectivity index is 1.50. The summed E-state index contributed by atoms with van der Waals surface area (Å²) in [7, 11) is 0. The Kier molecular flexibility index (Phi) is 4.80. The summed E-state index contributed by atoms with van der Waals surface area (Å²) in [6.45, 7) is 1.76. The molecule has 27 heavy (non-hydrogen) atoms. The minimum absolute atomic E-state index is 0.340. The molecule has 0 saturated heterocycles. The summed E-state index contributed by atoms with van der Waals surface area (Å²) >= 11 is 0. The van der Waals surface area contributed by atoms with E-state index in [1.165, 1.54) is 5.56 Å². The second kappa shape index (κ2) is 7.25. The molecule has 2 aromatic rings. The Hall–Kier alpha value is -2.51. The molecule has 7 nitrogen and oxygen atoms in total. The number of fused-ring (bicyclic) bond motifs is 1. The number of hydrogen-bond acceptors (Lipinski definition) is 7. The second-order valence-corrected chi connectivity index (χ2v) is 7.15. The number of hydrogen-bond donors (Lipinski definition) is 3. The first-order chi connectivity index (χ1) is 13.0. The summed E-state index contributed by atoms with van der Waals surface area (Å²) in [4.78, 5) is 8.20. The van der Waals surface area contributed by atoms with Gasteiger partial charge in [0.25, 0.3) is 0 Å². The Morgan fingerprint density at radius 2 is 1.85 bits per heavy atom. The Morgan fingerprint density at radius 3 is 2.63 bits per heavy atom. The van der Waals surface area contributed by atoms with E-state index < -0.39 is 24.4 Å². The van der Waals surface area contributed by atoms with Gasteiger partial charge in [0.1, 0.15) is 36.0 Å². The molecule has 1 heterocycles. The molecule has 1 aromatic heterocycles. The molecule has 0 spiro atoms. The molecule has 1 saturated carbocycles. The molecule has 3 N–H and O–H groups in total. The lowest BCUT2D eigenvalue weighted by Gasteiger charge is -2.24. The fourth-order valence-corrected chi connectivity index (χ4v) is 3.75. The van der Waals surface area contributed by atoms with Crippen LogP contribution in [0.5, 0.6) is 11.6 Å². The van der Waals surface area contributed by atoms with Crippen LogP contribution in [0.3, 0.4) is 0 Å². The van der Waals surface area contributed by atoms with Crippen LogP contribution in [-0.4, -0.2) is 50.3 Å². The monoisotopic (exact) mass is 369 g/mol. The van der Waals surface area contributed by atoms with Gasteiger partial charge in [-0.2, -0.15) is 4.98 Å². The second-order valence-electron chi connectivity index (χ2n) is 7.15. The molecule has 0 amide bonds. The normalized spacial score (nSPS) is 27.3. The first-order valence-electron chi connectivity index (χ1n) is 9.17. The molecule has 1 aromatic carbocycles. The summed E-state index contributed by atoms with van der Waals surface area (Å²) in [5, 5.41) is 28.8. The number of aromatic nitrogens is 2. The minimum Gasteiger partial charge on any atom is -0.487 e. The van der Waals surface area contributed by atoms with Gasteiger partial charge >= 0.3 is 0 Å². The fourth-order valence-electron chi connectivity index (χ4n) is 3.75. The van der Waals surface area contributed by atoms with Crippen LogP contribution < -0.4 is 9.47 Å². The number of nitrogens with one attached hydrogen (secondary N) is 1. The first kappa shape index (κ1) is 17.9. The van der Waals surface area contributed by atoms with Gasteiger partial charge in [-0.1, -0.05) is 12.1 Å². The fraction of sp³-hybridized carbons (Fsp3) is 0.450. The van der Waals surface area contributed by atoms with Gasteiger partial charge in [0.2, 0.25) is 5.88 Å². The Labute approximate surface area is 157 Å². The smallest absolute Gasteiger partial charge is 0.216 e. The lowest BCUT2D eigenvalue weighted by Crippen LogP contribution is -2.36. The summed E-state index contributed by atoms with van der Waals surface area (Å²) < 4.78 is 11.8. The molecular weight excluding hydrogens is 346 g/mol. The van der Waals surface area contributed by atoms with Gasteiger partial charge in [-0.3, -0.25) is 0 Å². The van der Waals surface area contributed by atoms with E-state index in [2.05, 4.69) is 16.0 Å². The summed E-state index contributed by atoms with van der Waals surface area (Å²) in [5.41, 5.74) is 2.87. The molecule has 2 aliphatic rings. The van der Waals surface area contributed by atoms with Crippen molar-refractivity contribution in [2.24, 2.45) is 0 Å². The maximum Gasteiger partial charge on any atom is 0.216 e. The van der Waals surface area contributed by atoms with E-state index in [0.717, 1.165) is 18.4 Å². The van der Waals surface area contributed by atoms with Crippen LogP contribution >= 0.6 is 0 Å². The summed E-state index contributed by atoms with van der Waals surface area (Å²) in [5.74, 6) is 1.61. The van der Waals surface area contributed by atoms with Crippen molar-refractivity contribution < 1.29 is 19.7 Å². The molecule has 4 atom stereocenters. The molecule has 0 bridgehead atoms. The van der Waals surface area contributed by atoms with Crippen molar-refractivity contribution in [2.75, 3.05) is 0 Å². The van der Waals surface area contributed by atoms with Crippen LogP contribution in [0.1, 0.15) is 29.8 Å². The van der Waals surface area contributed by atoms with E-state index in [9.17, 15) is 10.2 Å². The third-order valence-corrected chi connectivity index (χ3v) is 5.19. The van der Waals surface area contributed by atoms with Crippen molar-refractivity contribution >= 4 is 5.71 Å². The van der Waals surface area contributed by atoms with E-state index in [1.54, 1.807) is 19.2 Å². The van der Waals surface area contributed by atoms with Crippen molar-refractivity contribution in [3.8, 4) is 11.6 Å². The summed E-state index contributed by atoms with van der Waals surface area (Å²) in [6, 6.07) is 7.47. The number of benzene rings is 1. The molecule has 7 heteroatoms. The standard InChI is InChI=1S/C20H23N3O4/c1-11-22-8-7-18(23-11)27-17-10-16(19(24)20(17)25)26-15-4-2-3-12-5-6-13(21)9-14(12)15/h2-4,7-8,16-17,19-21,24-25H,5-6,9-10H2,1H3/t16?,17?,19-,20+/m1/s1. The largest absolute Gasteiger partial charge is 0.487 e. The Morgan fingerprint density at radius 1 is 1.07 bits per heavy atom. The third-order valence-electron chi connectivity index (χ3n) is 5.19. The van der Waals surface area contributed by atoms with E-state index in [4.69, 9.17) is 14.9 Å². The van der Waals surface area contributed by atoms with Crippen molar-refractivity contribution in [3.05, 3.63) is 47.4 Å². The zero-order chi connectivity index (χ0) is 19.0. The molecular formula is C20H23N3O4. The van der Waals surface area contributed by atoms with Crippen molar-refractivity contribution in [1.29, 1.82) is 5.41 Å². The highest BCUT2D eigenvalue weighted by atomic mass is 16.5. The van der Waals surface area contributed by atoms with Gasteiger partial charge in [-0.25, -0.2) is 4.98 Å². The van der Waals surface area contributed by atoms with Crippen molar-refractivity contribution in [3.63, 3.8) is 0 Å². The SMILES string of the molecule is Cc1nccc(OC2CC(Oc3cccc4c3CC(=N)CC4)[C@@H](O)[C@H]2O)n1. The lowest BCUT2D eigenvalue weighted by molar-refractivity contribution is -0.0321. The van der Waals surface area contributed by atoms with Crippen LogP contribution in [-0.2, 0) is 12.8 Å². The first-order valence-corrected chi connectivity index (χ1v) is 9.17.